The topological polar surface area (TPSA) is 120 Å². The van der Waals surface area contributed by atoms with Gasteiger partial charge in [0, 0.05) is 24.0 Å². The van der Waals surface area contributed by atoms with Crippen molar-refractivity contribution in [3.05, 3.63) is 47.5 Å². The molecule has 0 radical (unpaired) electrons. The first-order valence-corrected chi connectivity index (χ1v) is 11.0. The van der Waals surface area contributed by atoms with E-state index in [2.05, 4.69) is 21.1 Å². The molecule has 34 heavy (non-hydrogen) atoms. The lowest BCUT2D eigenvalue weighted by atomic mass is 10.1. The molecule has 0 saturated carbocycles. The van der Waals surface area contributed by atoms with Crippen molar-refractivity contribution in [3.63, 3.8) is 0 Å². The molecule has 2 aliphatic heterocycles. The van der Waals surface area contributed by atoms with Gasteiger partial charge in [0.25, 0.3) is 0 Å². The van der Waals surface area contributed by atoms with Gasteiger partial charge in [0.2, 0.25) is 11.8 Å². The van der Waals surface area contributed by atoms with Crippen molar-refractivity contribution in [2.75, 3.05) is 26.4 Å². The van der Waals surface area contributed by atoms with Gasteiger partial charge in [-0.05, 0) is 50.2 Å². The molecular weight excluding hydrogens is 440 g/mol. The van der Waals surface area contributed by atoms with Crippen LogP contribution in [0.15, 0.2) is 46.6 Å². The van der Waals surface area contributed by atoms with E-state index in [1.54, 1.807) is 13.8 Å². The van der Waals surface area contributed by atoms with Crippen LogP contribution < -0.4 is 29.8 Å². The van der Waals surface area contributed by atoms with Crippen LogP contribution >= 0.6 is 0 Å². The zero-order chi connectivity index (χ0) is 23.9. The van der Waals surface area contributed by atoms with Gasteiger partial charge < -0.3 is 18.9 Å². The van der Waals surface area contributed by atoms with E-state index in [-0.39, 0.29) is 24.7 Å². The van der Waals surface area contributed by atoms with Crippen LogP contribution in [0.25, 0.3) is 0 Å². The zero-order valence-electron chi connectivity index (χ0n) is 19.1. The van der Waals surface area contributed by atoms with E-state index >= 15 is 0 Å². The molecule has 2 heterocycles. The molecule has 2 aromatic rings. The monoisotopic (exact) mass is 466 g/mol. The summed E-state index contributed by atoms with van der Waals surface area (Å²) in [4.78, 5) is 24.2. The number of nitrogens with zero attached hydrogens (tertiary/aromatic N) is 2. The van der Waals surface area contributed by atoms with E-state index in [9.17, 15) is 9.59 Å². The molecule has 2 N–H and O–H groups in total. The normalized spacial score (nSPS) is 14.9. The number of nitrogens with one attached hydrogen (secondary N) is 2. The molecule has 0 spiro atoms. The molecule has 10 heteroatoms. The summed E-state index contributed by atoms with van der Waals surface area (Å²) in [6.45, 7) is 5.57. The number of hydrogen-bond donors (Lipinski definition) is 2. The minimum absolute atomic E-state index is 0.0255. The Morgan fingerprint density at radius 3 is 1.47 bits per heavy atom. The Labute approximate surface area is 196 Å². The maximum Gasteiger partial charge on any atom is 0.240 e. The van der Waals surface area contributed by atoms with Crippen molar-refractivity contribution in [3.8, 4) is 23.0 Å². The molecule has 0 fully saturated rings. The predicted molar refractivity (Wildman–Crippen MR) is 125 cm³/mol. The number of fused-ring (bicyclic) bond motifs is 2. The Morgan fingerprint density at radius 2 is 1.06 bits per heavy atom. The first-order chi connectivity index (χ1) is 16.5. The second-order valence-corrected chi connectivity index (χ2v) is 7.68. The molecule has 0 unspecified atom stereocenters. The van der Waals surface area contributed by atoms with E-state index in [1.165, 1.54) is 0 Å². The summed E-state index contributed by atoms with van der Waals surface area (Å²) in [5, 5.41) is 8.22. The maximum absolute atomic E-state index is 12.1. The van der Waals surface area contributed by atoms with Gasteiger partial charge >= 0.3 is 0 Å². The number of carbonyl (C=O) groups is 2. The summed E-state index contributed by atoms with van der Waals surface area (Å²) < 4.78 is 22.1. The van der Waals surface area contributed by atoms with Crippen molar-refractivity contribution in [2.24, 2.45) is 10.2 Å². The number of hydrogen-bond acceptors (Lipinski definition) is 8. The van der Waals surface area contributed by atoms with Crippen molar-refractivity contribution >= 4 is 23.2 Å². The highest BCUT2D eigenvalue weighted by Gasteiger charge is 2.14. The maximum atomic E-state index is 12.1. The first kappa shape index (κ1) is 23.1. The van der Waals surface area contributed by atoms with Crippen LogP contribution in [-0.4, -0.2) is 49.7 Å². The van der Waals surface area contributed by atoms with E-state index < -0.39 is 0 Å². The lowest BCUT2D eigenvalue weighted by molar-refractivity contribution is -0.126. The molecule has 2 aliphatic rings. The van der Waals surface area contributed by atoms with Crippen LogP contribution in [-0.2, 0) is 9.59 Å². The van der Waals surface area contributed by atoms with Crippen LogP contribution in [0.3, 0.4) is 0 Å². The van der Waals surface area contributed by atoms with E-state index in [4.69, 9.17) is 18.9 Å². The smallest absolute Gasteiger partial charge is 0.240 e. The fourth-order valence-electron chi connectivity index (χ4n) is 3.30. The largest absolute Gasteiger partial charge is 0.486 e. The molecule has 10 nitrogen and oxygen atoms in total. The van der Waals surface area contributed by atoms with Crippen LogP contribution in [0.1, 0.15) is 37.8 Å². The van der Waals surface area contributed by atoms with Gasteiger partial charge in [0.05, 0.1) is 11.4 Å². The third-order valence-electron chi connectivity index (χ3n) is 5.20. The zero-order valence-corrected chi connectivity index (χ0v) is 19.1. The minimum atomic E-state index is -0.375. The van der Waals surface area contributed by atoms with Gasteiger partial charge in [-0.15, -0.1) is 0 Å². The fourth-order valence-corrected chi connectivity index (χ4v) is 3.30. The standard InChI is InChI=1S/C24H26N4O6/c1-15(17-3-5-19-21(13-17)33-11-9-31-19)25-27-23(29)7-8-24(30)28-26-16(2)18-4-6-20-22(14-18)34-12-10-32-20/h3-6,13-14H,7-12H2,1-2H3,(H,27,29)(H,28,30). The minimum Gasteiger partial charge on any atom is -0.486 e. The van der Waals surface area contributed by atoms with Gasteiger partial charge in [-0.1, -0.05) is 0 Å². The lowest BCUT2D eigenvalue weighted by Crippen LogP contribution is -2.24. The Morgan fingerprint density at radius 1 is 0.676 bits per heavy atom. The Kier molecular flexibility index (Phi) is 7.26. The van der Waals surface area contributed by atoms with Gasteiger partial charge in [0.15, 0.2) is 23.0 Å². The van der Waals surface area contributed by atoms with Crippen LogP contribution in [0.5, 0.6) is 23.0 Å². The van der Waals surface area contributed by atoms with Gasteiger partial charge in [-0.25, -0.2) is 10.9 Å². The number of rotatable bonds is 7. The molecule has 178 valence electrons. The molecule has 0 aromatic heterocycles. The summed E-state index contributed by atoms with van der Waals surface area (Å²) in [6.07, 6.45) is -0.0509. The third kappa shape index (κ3) is 5.83. The van der Waals surface area contributed by atoms with Crippen molar-refractivity contribution < 1.29 is 28.5 Å². The molecule has 0 atom stereocenters. The number of hydrazone groups is 2. The number of benzene rings is 2. The summed E-state index contributed by atoms with van der Waals surface area (Å²) in [6, 6.07) is 10.9. The first-order valence-electron chi connectivity index (χ1n) is 11.0. The molecule has 2 amide bonds. The SMILES string of the molecule is CC(=NNC(=O)CCC(=O)NN=C(C)c1ccc2c(c1)OCCO2)c1ccc2c(c1)OCCO2. The van der Waals surface area contributed by atoms with Crippen LogP contribution in [0.4, 0.5) is 0 Å². The van der Waals surface area contributed by atoms with Crippen molar-refractivity contribution in [1.29, 1.82) is 0 Å². The van der Waals surface area contributed by atoms with Crippen molar-refractivity contribution in [1.82, 2.24) is 10.9 Å². The number of carbonyl (C=O) groups excluding carboxylic acids is 2. The van der Waals surface area contributed by atoms with E-state index in [1.807, 2.05) is 36.4 Å². The lowest BCUT2D eigenvalue weighted by Gasteiger charge is -2.18. The highest BCUT2D eigenvalue weighted by atomic mass is 16.6. The Balaban J connectivity index is 1.24. The molecule has 4 rings (SSSR count). The summed E-state index contributed by atoms with van der Waals surface area (Å²) >= 11 is 0. The summed E-state index contributed by atoms with van der Waals surface area (Å²) in [5.74, 6) is 1.91. The van der Waals surface area contributed by atoms with Gasteiger partial charge in [0.1, 0.15) is 26.4 Å². The highest BCUT2D eigenvalue weighted by molar-refractivity contribution is 6.00. The van der Waals surface area contributed by atoms with Gasteiger partial charge in [-0.2, -0.15) is 10.2 Å². The summed E-state index contributed by atoms with van der Waals surface area (Å²) in [7, 11) is 0. The van der Waals surface area contributed by atoms with E-state index in [0.29, 0.717) is 60.8 Å². The van der Waals surface area contributed by atoms with Crippen LogP contribution in [0, 0.1) is 0 Å². The average Bonchev–Trinajstić information content (AvgIpc) is 2.88. The quantitative estimate of drug-likeness (QED) is 0.478. The predicted octanol–water partition coefficient (Wildman–Crippen LogP) is 2.39. The Bertz CT molecular complexity index is 1050. The fraction of sp³-hybridized carbons (Fsp3) is 0.333. The Hall–Kier alpha value is -4.08. The number of amides is 2. The molecule has 0 bridgehead atoms. The molecule has 0 aliphatic carbocycles. The van der Waals surface area contributed by atoms with Gasteiger partial charge in [-0.3, -0.25) is 9.59 Å². The molecule has 0 saturated heterocycles. The third-order valence-corrected chi connectivity index (χ3v) is 5.20. The second-order valence-electron chi connectivity index (χ2n) is 7.68. The van der Waals surface area contributed by atoms with E-state index in [0.717, 1.165) is 11.1 Å². The highest BCUT2D eigenvalue weighted by Crippen LogP contribution is 2.31. The summed E-state index contributed by atoms with van der Waals surface area (Å²) in [5.41, 5.74) is 7.75. The molecule has 2 aromatic carbocycles. The average molecular weight is 466 g/mol. The molecular formula is C24H26N4O6. The van der Waals surface area contributed by atoms with Crippen LogP contribution in [0.2, 0.25) is 0 Å². The second kappa shape index (κ2) is 10.7. The van der Waals surface area contributed by atoms with Crippen molar-refractivity contribution in [2.45, 2.75) is 26.7 Å². The number of ether oxygens (including phenoxy) is 4.